The van der Waals surface area contributed by atoms with Gasteiger partial charge in [-0.05, 0) is 41.5 Å². The molecule has 0 bridgehead atoms. The molecule has 2 aromatic carbocycles. The van der Waals surface area contributed by atoms with Crippen molar-refractivity contribution in [2.45, 2.75) is 12.6 Å². The van der Waals surface area contributed by atoms with Crippen molar-refractivity contribution in [3.8, 4) is 0 Å². The Balaban J connectivity index is 1.67. The quantitative estimate of drug-likeness (QED) is 0.534. The van der Waals surface area contributed by atoms with Crippen LogP contribution < -0.4 is 5.32 Å². The molecule has 1 unspecified atom stereocenters. The summed E-state index contributed by atoms with van der Waals surface area (Å²) in [6.45, 7) is 0.667. The Morgan fingerprint density at radius 1 is 0.808 bits per heavy atom. The number of hydrogen-bond acceptors (Lipinski definition) is 3. The van der Waals surface area contributed by atoms with E-state index in [2.05, 4.69) is 27.4 Å². The van der Waals surface area contributed by atoms with Gasteiger partial charge in [0.15, 0.2) is 0 Å². The first-order valence-corrected chi connectivity index (χ1v) is 8.92. The molecule has 4 rings (SSSR count). The number of rotatable bonds is 5. The first-order chi connectivity index (χ1) is 12.8. The molecule has 2 heterocycles. The molecule has 4 aromatic rings. The predicted molar refractivity (Wildman–Crippen MR) is 106 cm³/mol. The summed E-state index contributed by atoms with van der Waals surface area (Å²) in [7, 11) is 0. The number of aromatic nitrogens is 2. The standard InChI is InChI=1S/C22H18ClN3/c23-19-12-11-17(21-18(19)9-6-14-25-21)15-26-22(16-7-2-1-3-8-16)20-10-4-5-13-24-20/h1-14,22,26H,15H2. The summed E-state index contributed by atoms with van der Waals surface area (Å²) >= 11 is 6.31. The van der Waals surface area contributed by atoms with E-state index in [0.29, 0.717) is 6.54 Å². The Kier molecular flexibility index (Phi) is 4.91. The third-order valence-electron chi connectivity index (χ3n) is 4.41. The lowest BCUT2D eigenvalue weighted by molar-refractivity contribution is 0.593. The number of nitrogens with zero attached hydrogens (tertiary/aromatic N) is 2. The van der Waals surface area contributed by atoms with E-state index in [1.54, 1.807) is 6.20 Å². The molecule has 0 saturated carbocycles. The number of benzene rings is 2. The van der Waals surface area contributed by atoms with Gasteiger partial charge in [0, 0.05) is 29.3 Å². The van der Waals surface area contributed by atoms with Gasteiger partial charge in [0.1, 0.15) is 0 Å². The van der Waals surface area contributed by atoms with Gasteiger partial charge in [-0.1, -0.05) is 54.1 Å². The lowest BCUT2D eigenvalue weighted by Crippen LogP contribution is -2.23. The Hall–Kier alpha value is -2.75. The van der Waals surface area contributed by atoms with E-state index < -0.39 is 0 Å². The molecule has 128 valence electrons. The van der Waals surface area contributed by atoms with E-state index in [1.807, 2.05) is 66.9 Å². The van der Waals surface area contributed by atoms with Crippen LogP contribution in [-0.4, -0.2) is 9.97 Å². The molecule has 0 amide bonds. The zero-order valence-corrected chi connectivity index (χ0v) is 14.9. The molecule has 3 nitrogen and oxygen atoms in total. The van der Waals surface area contributed by atoms with Crippen LogP contribution in [0, 0.1) is 0 Å². The monoisotopic (exact) mass is 359 g/mol. The summed E-state index contributed by atoms with van der Waals surface area (Å²) in [5.41, 5.74) is 4.21. The van der Waals surface area contributed by atoms with Crippen molar-refractivity contribution in [2.75, 3.05) is 0 Å². The van der Waals surface area contributed by atoms with Crippen molar-refractivity contribution in [2.24, 2.45) is 0 Å². The van der Waals surface area contributed by atoms with Crippen LogP contribution in [0.15, 0.2) is 85.2 Å². The second kappa shape index (κ2) is 7.65. The van der Waals surface area contributed by atoms with Gasteiger partial charge in [-0.25, -0.2) is 0 Å². The Bertz CT molecular complexity index is 964. The molecular formula is C22H18ClN3. The smallest absolute Gasteiger partial charge is 0.0761 e. The highest BCUT2D eigenvalue weighted by Crippen LogP contribution is 2.26. The molecule has 2 aromatic heterocycles. The largest absolute Gasteiger partial charge is 0.301 e. The number of fused-ring (bicyclic) bond motifs is 1. The van der Waals surface area contributed by atoms with E-state index in [0.717, 1.165) is 27.2 Å². The van der Waals surface area contributed by atoms with Gasteiger partial charge >= 0.3 is 0 Å². The average Bonchev–Trinajstić information content (AvgIpc) is 2.71. The second-order valence-electron chi connectivity index (χ2n) is 6.09. The maximum atomic E-state index is 6.31. The van der Waals surface area contributed by atoms with E-state index in [1.165, 1.54) is 5.56 Å². The molecule has 1 atom stereocenters. The third-order valence-corrected chi connectivity index (χ3v) is 4.74. The number of hydrogen-bond donors (Lipinski definition) is 1. The summed E-state index contributed by atoms with van der Waals surface area (Å²) in [4.78, 5) is 9.07. The predicted octanol–water partition coefficient (Wildman–Crippen LogP) is 5.16. The Morgan fingerprint density at radius 3 is 2.42 bits per heavy atom. The van der Waals surface area contributed by atoms with Gasteiger partial charge in [0.25, 0.3) is 0 Å². The zero-order valence-electron chi connectivity index (χ0n) is 14.1. The molecule has 0 fully saturated rings. The van der Waals surface area contributed by atoms with Crippen LogP contribution in [0.5, 0.6) is 0 Å². The first-order valence-electron chi connectivity index (χ1n) is 8.54. The molecule has 26 heavy (non-hydrogen) atoms. The van der Waals surface area contributed by atoms with Crippen molar-refractivity contribution in [3.63, 3.8) is 0 Å². The number of pyridine rings is 2. The highest BCUT2D eigenvalue weighted by atomic mass is 35.5. The van der Waals surface area contributed by atoms with Crippen molar-refractivity contribution in [1.82, 2.24) is 15.3 Å². The molecule has 0 radical (unpaired) electrons. The fraction of sp³-hybridized carbons (Fsp3) is 0.0909. The zero-order chi connectivity index (χ0) is 17.8. The normalized spacial score (nSPS) is 12.2. The second-order valence-corrected chi connectivity index (χ2v) is 6.49. The van der Waals surface area contributed by atoms with E-state index in [9.17, 15) is 0 Å². The van der Waals surface area contributed by atoms with Crippen LogP contribution in [0.3, 0.4) is 0 Å². The fourth-order valence-corrected chi connectivity index (χ4v) is 3.35. The van der Waals surface area contributed by atoms with E-state index >= 15 is 0 Å². The van der Waals surface area contributed by atoms with Gasteiger partial charge in [-0.3, -0.25) is 9.97 Å². The summed E-state index contributed by atoms with van der Waals surface area (Å²) in [6.07, 6.45) is 3.63. The molecule has 4 heteroatoms. The van der Waals surface area contributed by atoms with Gasteiger partial charge in [-0.15, -0.1) is 0 Å². The summed E-state index contributed by atoms with van der Waals surface area (Å²) in [6, 6.07) is 24.2. The van der Waals surface area contributed by atoms with Crippen molar-refractivity contribution >= 4 is 22.5 Å². The molecule has 1 N–H and O–H groups in total. The maximum absolute atomic E-state index is 6.31. The van der Waals surface area contributed by atoms with Gasteiger partial charge in [0.2, 0.25) is 0 Å². The highest BCUT2D eigenvalue weighted by Gasteiger charge is 2.15. The van der Waals surface area contributed by atoms with E-state index in [4.69, 9.17) is 11.6 Å². The highest BCUT2D eigenvalue weighted by molar-refractivity contribution is 6.35. The minimum absolute atomic E-state index is 0.00633. The minimum atomic E-state index is 0.00633. The van der Waals surface area contributed by atoms with Crippen molar-refractivity contribution in [1.29, 1.82) is 0 Å². The SMILES string of the molecule is Clc1ccc(CNC(c2ccccc2)c2ccccn2)c2ncccc12. The summed E-state index contributed by atoms with van der Waals surface area (Å²) in [5.74, 6) is 0. The number of halogens is 1. The molecule has 0 aliphatic carbocycles. The summed E-state index contributed by atoms with van der Waals surface area (Å²) < 4.78 is 0. The van der Waals surface area contributed by atoms with Crippen LogP contribution in [0.1, 0.15) is 22.9 Å². The average molecular weight is 360 g/mol. The lowest BCUT2D eigenvalue weighted by atomic mass is 10.0. The summed E-state index contributed by atoms with van der Waals surface area (Å²) in [5, 5.41) is 5.33. The topological polar surface area (TPSA) is 37.8 Å². The van der Waals surface area contributed by atoms with Crippen LogP contribution in [0.25, 0.3) is 10.9 Å². The van der Waals surface area contributed by atoms with Crippen molar-refractivity contribution < 1.29 is 0 Å². The molecule has 0 spiro atoms. The van der Waals surface area contributed by atoms with Gasteiger partial charge in [0.05, 0.1) is 17.3 Å². The Morgan fingerprint density at radius 2 is 1.62 bits per heavy atom. The number of nitrogens with one attached hydrogen (secondary N) is 1. The fourth-order valence-electron chi connectivity index (χ4n) is 3.14. The van der Waals surface area contributed by atoms with Crippen molar-refractivity contribution in [3.05, 3.63) is 107 Å². The molecular weight excluding hydrogens is 342 g/mol. The maximum Gasteiger partial charge on any atom is 0.0761 e. The van der Waals surface area contributed by atoms with E-state index in [-0.39, 0.29) is 6.04 Å². The molecule has 0 saturated heterocycles. The van der Waals surface area contributed by atoms with Gasteiger partial charge in [-0.2, -0.15) is 0 Å². The van der Waals surface area contributed by atoms with Crippen LogP contribution in [0.2, 0.25) is 5.02 Å². The van der Waals surface area contributed by atoms with Gasteiger partial charge < -0.3 is 5.32 Å². The van der Waals surface area contributed by atoms with Crippen LogP contribution >= 0.6 is 11.6 Å². The molecule has 0 aliphatic heterocycles. The van der Waals surface area contributed by atoms with Crippen LogP contribution in [-0.2, 0) is 6.54 Å². The first kappa shape index (κ1) is 16.7. The van der Waals surface area contributed by atoms with Crippen LogP contribution in [0.4, 0.5) is 0 Å². The molecule has 0 aliphatic rings. The minimum Gasteiger partial charge on any atom is -0.301 e. The third kappa shape index (κ3) is 3.45. The lowest BCUT2D eigenvalue weighted by Gasteiger charge is -2.19. The Labute approximate surface area is 157 Å².